The molecule has 0 spiro atoms. The summed E-state index contributed by atoms with van der Waals surface area (Å²) >= 11 is 0. The molecule has 2 nitrogen and oxygen atoms in total. The number of allylic oxidation sites excluding steroid dienone is 2. The van der Waals surface area contributed by atoms with Crippen LogP contribution >= 0.6 is 0 Å². The van der Waals surface area contributed by atoms with Crippen LogP contribution in [0.1, 0.15) is 65.2 Å². The number of nitrogens with zero attached hydrogens (tertiary/aromatic N) is 1. The van der Waals surface area contributed by atoms with Gasteiger partial charge in [0.15, 0.2) is 5.78 Å². The first-order chi connectivity index (χ1) is 12.4. The molecule has 5 aliphatic rings. The van der Waals surface area contributed by atoms with Gasteiger partial charge in [0.25, 0.3) is 0 Å². The maximum Gasteiger partial charge on any atom is 0.155 e. The quantitative estimate of drug-likeness (QED) is 0.621. The van der Waals surface area contributed by atoms with E-state index >= 15 is 0 Å². The first kappa shape index (κ1) is 16.8. The van der Waals surface area contributed by atoms with Crippen LogP contribution in [-0.4, -0.2) is 5.78 Å². The third-order valence-electron chi connectivity index (χ3n) is 9.83. The van der Waals surface area contributed by atoms with Crippen LogP contribution in [0, 0.1) is 57.2 Å². The predicted molar refractivity (Wildman–Crippen MR) is 102 cm³/mol. The van der Waals surface area contributed by atoms with E-state index in [2.05, 4.69) is 26.5 Å². The van der Waals surface area contributed by atoms with Crippen molar-refractivity contribution in [3.8, 4) is 6.07 Å². The van der Waals surface area contributed by atoms with Crippen LogP contribution in [0.25, 0.3) is 0 Å². The van der Waals surface area contributed by atoms with Crippen LogP contribution in [0.15, 0.2) is 24.3 Å². The summed E-state index contributed by atoms with van der Waals surface area (Å²) in [4.78, 5) is 12.0. The number of ketones is 1. The van der Waals surface area contributed by atoms with E-state index in [1.807, 2.05) is 12.2 Å². The third-order valence-corrected chi connectivity index (χ3v) is 9.83. The highest BCUT2D eigenvalue weighted by molar-refractivity contribution is 5.91. The normalized spacial score (nSPS) is 54.1. The van der Waals surface area contributed by atoms with Crippen LogP contribution in [0.4, 0.5) is 0 Å². The van der Waals surface area contributed by atoms with E-state index in [1.165, 1.54) is 31.3 Å². The van der Waals surface area contributed by atoms with Gasteiger partial charge >= 0.3 is 0 Å². The van der Waals surface area contributed by atoms with Gasteiger partial charge in [0.1, 0.15) is 0 Å². The van der Waals surface area contributed by atoms with Gasteiger partial charge in [-0.25, -0.2) is 0 Å². The number of carbonyl (C=O) groups excluding carboxylic acids is 1. The number of hydrogen-bond donors (Lipinski definition) is 0. The Kier molecular flexibility index (Phi) is 3.31. The molecule has 0 bridgehead atoms. The van der Waals surface area contributed by atoms with E-state index in [0.29, 0.717) is 23.5 Å². The van der Waals surface area contributed by atoms with Crippen molar-refractivity contribution in [2.24, 2.45) is 45.8 Å². The maximum absolute atomic E-state index is 12.0. The molecule has 0 amide bonds. The molecule has 5 rings (SSSR count). The van der Waals surface area contributed by atoms with E-state index in [1.54, 1.807) is 0 Å². The minimum atomic E-state index is -0.172. The lowest BCUT2D eigenvalue weighted by atomic mass is 9.44. The zero-order chi connectivity index (χ0) is 18.3. The number of hydrogen-bond acceptors (Lipinski definition) is 2. The predicted octanol–water partition coefficient (Wildman–Crippen LogP) is 5.46. The molecule has 5 aliphatic carbocycles. The van der Waals surface area contributed by atoms with E-state index in [4.69, 9.17) is 0 Å². The lowest BCUT2D eigenvalue weighted by Crippen LogP contribution is -2.54. The summed E-state index contributed by atoms with van der Waals surface area (Å²) in [5, 5.41) is 10.3. The molecule has 0 aromatic rings. The average molecular weight is 350 g/mol. The number of rotatable bonds is 2. The Bertz CT molecular complexity index is 759. The van der Waals surface area contributed by atoms with Crippen LogP contribution in [0.5, 0.6) is 0 Å². The second-order valence-electron chi connectivity index (χ2n) is 10.4. The summed E-state index contributed by atoms with van der Waals surface area (Å²) in [7, 11) is 0. The lowest BCUT2D eigenvalue weighted by Gasteiger charge is -2.60. The van der Waals surface area contributed by atoms with E-state index < -0.39 is 0 Å². The molecule has 3 unspecified atom stereocenters. The van der Waals surface area contributed by atoms with Gasteiger partial charge < -0.3 is 0 Å². The van der Waals surface area contributed by atoms with Crippen molar-refractivity contribution >= 4 is 5.78 Å². The third kappa shape index (κ3) is 1.76. The van der Waals surface area contributed by atoms with Crippen molar-refractivity contribution in [1.29, 1.82) is 5.26 Å². The van der Waals surface area contributed by atoms with E-state index in [-0.39, 0.29) is 16.2 Å². The second-order valence-corrected chi connectivity index (χ2v) is 10.4. The number of nitriles is 1. The number of fused-ring (bicyclic) bond motifs is 7. The van der Waals surface area contributed by atoms with Gasteiger partial charge in [-0.1, -0.05) is 25.5 Å². The van der Waals surface area contributed by atoms with Gasteiger partial charge in [-0.3, -0.25) is 4.79 Å². The van der Waals surface area contributed by atoms with Gasteiger partial charge in [-0.05, 0) is 91.4 Å². The van der Waals surface area contributed by atoms with Gasteiger partial charge in [-0.2, -0.15) is 5.26 Å². The molecule has 0 radical (unpaired) electrons. The standard InChI is InChI=1S/C24H31NO/c1-4-9-24(14-25)20-13-18(20)21-17-6-5-15-12-16(26)7-10-22(15,2)19(17)8-11-23(21,24)3/h4,12,17-21H,1,5-11,13H2,2-3H3/t17-,18?,19+,20?,21-,22?,23+,24+/m1/s1. The summed E-state index contributed by atoms with van der Waals surface area (Å²) in [5.41, 5.74) is 1.67. The number of carbonyl (C=O) groups is 1. The minimum absolute atomic E-state index is 0.159. The van der Waals surface area contributed by atoms with Crippen LogP contribution in [-0.2, 0) is 4.79 Å². The molecule has 0 N–H and O–H groups in total. The fourth-order valence-electron chi connectivity index (χ4n) is 8.59. The van der Waals surface area contributed by atoms with Crippen LogP contribution in [0.3, 0.4) is 0 Å². The molecular weight excluding hydrogens is 318 g/mol. The highest BCUT2D eigenvalue weighted by Crippen LogP contribution is 2.80. The van der Waals surface area contributed by atoms with Crippen molar-refractivity contribution in [1.82, 2.24) is 0 Å². The SMILES string of the molecule is C=CC[C@]1(C#N)C2CC2[C@H]2[C@@H]3CCC4=CC(=O)CCC4(C)[C@H]3CC[C@@]21C. The van der Waals surface area contributed by atoms with Crippen molar-refractivity contribution in [2.75, 3.05) is 0 Å². The van der Waals surface area contributed by atoms with Gasteiger partial charge in [-0.15, -0.1) is 6.58 Å². The van der Waals surface area contributed by atoms with Crippen LogP contribution < -0.4 is 0 Å². The van der Waals surface area contributed by atoms with E-state index in [9.17, 15) is 10.1 Å². The maximum atomic E-state index is 12.0. The second kappa shape index (κ2) is 5.12. The van der Waals surface area contributed by atoms with Crippen molar-refractivity contribution < 1.29 is 4.79 Å². The summed E-state index contributed by atoms with van der Waals surface area (Å²) in [5.74, 6) is 3.90. The Morgan fingerprint density at radius 3 is 2.77 bits per heavy atom. The summed E-state index contributed by atoms with van der Waals surface area (Å²) in [6.45, 7) is 8.90. The Labute approximate surface area is 157 Å². The molecule has 4 saturated carbocycles. The Morgan fingerprint density at radius 2 is 2.04 bits per heavy atom. The molecular formula is C24H31NO. The van der Waals surface area contributed by atoms with Gasteiger partial charge in [0.05, 0.1) is 11.5 Å². The molecule has 4 fully saturated rings. The smallest absolute Gasteiger partial charge is 0.155 e. The molecule has 0 aromatic heterocycles. The fourth-order valence-corrected chi connectivity index (χ4v) is 8.59. The zero-order valence-electron chi connectivity index (χ0n) is 16.3. The first-order valence-corrected chi connectivity index (χ1v) is 10.7. The van der Waals surface area contributed by atoms with Crippen molar-refractivity contribution in [3.63, 3.8) is 0 Å². The van der Waals surface area contributed by atoms with E-state index in [0.717, 1.165) is 37.5 Å². The fraction of sp³-hybridized carbons (Fsp3) is 0.750. The lowest BCUT2D eigenvalue weighted by molar-refractivity contribution is -0.118. The monoisotopic (exact) mass is 349 g/mol. The van der Waals surface area contributed by atoms with Crippen molar-refractivity contribution in [2.45, 2.75) is 65.2 Å². The largest absolute Gasteiger partial charge is 0.295 e. The first-order valence-electron chi connectivity index (χ1n) is 10.7. The molecule has 8 atom stereocenters. The molecule has 0 aromatic carbocycles. The molecule has 0 aliphatic heterocycles. The average Bonchev–Trinajstić information content (AvgIpc) is 3.36. The topological polar surface area (TPSA) is 40.9 Å². The summed E-state index contributed by atoms with van der Waals surface area (Å²) in [6, 6.07) is 2.85. The molecule has 0 saturated heterocycles. The summed E-state index contributed by atoms with van der Waals surface area (Å²) < 4.78 is 0. The molecule has 26 heavy (non-hydrogen) atoms. The van der Waals surface area contributed by atoms with Gasteiger partial charge in [0.2, 0.25) is 0 Å². The Balaban J connectivity index is 1.55. The molecule has 138 valence electrons. The zero-order valence-corrected chi connectivity index (χ0v) is 16.3. The Morgan fingerprint density at radius 1 is 1.23 bits per heavy atom. The molecule has 0 heterocycles. The van der Waals surface area contributed by atoms with Gasteiger partial charge in [0, 0.05) is 6.42 Å². The highest BCUT2D eigenvalue weighted by Gasteiger charge is 2.76. The Hall–Kier alpha value is -1.36. The molecule has 2 heteroatoms. The highest BCUT2D eigenvalue weighted by atomic mass is 16.1. The minimum Gasteiger partial charge on any atom is -0.295 e. The van der Waals surface area contributed by atoms with Crippen molar-refractivity contribution in [3.05, 3.63) is 24.3 Å². The summed E-state index contributed by atoms with van der Waals surface area (Å²) in [6.07, 6.45) is 12.7. The van der Waals surface area contributed by atoms with Crippen LogP contribution in [0.2, 0.25) is 0 Å².